The molecule has 0 fully saturated rings. The van der Waals surface area contributed by atoms with Crippen LogP contribution in [0.3, 0.4) is 0 Å². The third-order valence-electron chi connectivity index (χ3n) is 7.73. The number of carbonyl (C=O) groups is 4. The molecule has 3 aromatic rings. The highest BCUT2D eigenvalue weighted by molar-refractivity contribution is 6.01. The number of ether oxygens (including phenoxy) is 3. The number of aliphatic hydroxyl groups is 1. The molecule has 4 atom stereocenters. The lowest BCUT2D eigenvalue weighted by Gasteiger charge is -2.27. The van der Waals surface area contributed by atoms with Crippen molar-refractivity contribution in [3.63, 3.8) is 0 Å². The predicted octanol–water partition coefficient (Wildman–Crippen LogP) is 1.93. The Morgan fingerprint density at radius 3 is 2.38 bits per heavy atom. The van der Waals surface area contributed by atoms with Gasteiger partial charge in [-0.15, -0.1) is 0 Å². The molecule has 0 bridgehead atoms. The quantitative estimate of drug-likeness (QED) is 0.209. The van der Waals surface area contributed by atoms with E-state index >= 15 is 0 Å². The zero-order valence-corrected chi connectivity index (χ0v) is 26.8. The Morgan fingerprint density at radius 2 is 1.66 bits per heavy atom. The van der Waals surface area contributed by atoms with Gasteiger partial charge in [0.15, 0.2) is 11.5 Å². The van der Waals surface area contributed by atoms with Gasteiger partial charge in [0.1, 0.15) is 24.4 Å². The largest absolute Gasteiger partial charge is 0.493 e. The van der Waals surface area contributed by atoms with Gasteiger partial charge < -0.3 is 40.6 Å². The molecule has 4 rings (SSSR count). The summed E-state index contributed by atoms with van der Waals surface area (Å²) in [6.45, 7) is 1.65. The number of amides is 4. The highest BCUT2D eigenvalue weighted by Crippen LogP contribution is 2.28. The van der Waals surface area contributed by atoms with E-state index in [0.29, 0.717) is 30.8 Å². The van der Waals surface area contributed by atoms with Crippen LogP contribution in [0.25, 0.3) is 0 Å². The van der Waals surface area contributed by atoms with Crippen molar-refractivity contribution < 1.29 is 38.5 Å². The normalized spacial score (nSPS) is 19.4. The maximum absolute atomic E-state index is 13.5. The van der Waals surface area contributed by atoms with Crippen LogP contribution >= 0.6 is 0 Å². The molecule has 4 amide bonds. The van der Waals surface area contributed by atoms with Gasteiger partial charge in [-0.05, 0) is 61.6 Å². The van der Waals surface area contributed by atoms with Crippen LogP contribution in [-0.4, -0.2) is 80.3 Å². The molecule has 1 aliphatic rings. The van der Waals surface area contributed by atoms with E-state index in [1.807, 2.05) is 48.5 Å². The predicted molar refractivity (Wildman–Crippen MR) is 174 cm³/mol. The molecule has 47 heavy (non-hydrogen) atoms. The molecular weight excluding hydrogens is 604 g/mol. The van der Waals surface area contributed by atoms with Gasteiger partial charge in [0, 0.05) is 6.54 Å². The Morgan fingerprint density at radius 1 is 0.936 bits per heavy atom. The van der Waals surface area contributed by atoms with Gasteiger partial charge in [0.2, 0.25) is 17.7 Å². The molecule has 0 saturated carbocycles. The summed E-state index contributed by atoms with van der Waals surface area (Å²) >= 11 is 0. The standard InChI is InChI=1S/C35H42N4O8/c1-22(40)32-35(44)37-25(18-23-10-5-4-6-11-23)21-47-28-14-8-7-13-26(28)33(42)38-27(20-31(41)39-32)34(43)36-17-9-12-24-15-16-29(45-2)30(19-24)46-3/h4-8,10-11,13-16,19,22,25,27,32,40H,9,12,17-18,20-21H2,1-3H3,(H,36,43)(H,37,44)(H,38,42)(H,39,41)/t22-,25-,27+,32+/m1/s1. The van der Waals surface area contributed by atoms with E-state index in [1.165, 1.54) is 6.92 Å². The number of aryl methyl sites for hydroxylation is 1. The van der Waals surface area contributed by atoms with Gasteiger partial charge in [-0.3, -0.25) is 19.2 Å². The molecule has 250 valence electrons. The molecule has 12 nitrogen and oxygen atoms in total. The molecule has 0 spiro atoms. The van der Waals surface area contributed by atoms with E-state index in [1.54, 1.807) is 38.5 Å². The minimum Gasteiger partial charge on any atom is -0.493 e. The van der Waals surface area contributed by atoms with E-state index in [-0.39, 0.29) is 24.5 Å². The van der Waals surface area contributed by atoms with Gasteiger partial charge in [-0.25, -0.2) is 0 Å². The first-order valence-corrected chi connectivity index (χ1v) is 15.5. The third-order valence-corrected chi connectivity index (χ3v) is 7.73. The summed E-state index contributed by atoms with van der Waals surface area (Å²) in [6, 6.07) is 18.5. The Bertz CT molecular complexity index is 1530. The van der Waals surface area contributed by atoms with E-state index in [0.717, 1.165) is 11.1 Å². The first-order chi connectivity index (χ1) is 22.7. The lowest BCUT2D eigenvalue weighted by molar-refractivity contribution is -0.133. The Balaban J connectivity index is 1.50. The van der Waals surface area contributed by atoms with Crippen molar-refractivity contribution in [3.8, 4) is 17.2 Å². The molecule has 0 aromatic heterocycles. The van der Waals surface area contributed by atoms with Crippen LogP contribution in [0.15, 0.2) is 72.8 Å². The second-order valence-corrected chi connectivity index (χ2v) is 11.3. The highest BCUT2D eigenvalue weighted by Gasteiger charge is 2.32. The number of fused-ring (bicyclic) bond motifs is 1. The number of methoxy groups -OCH3 is 2. The summed E-state index contributed by atoms with van der Waals surface area (Å²) in [5.74, 6) is -1.02. The molecule has 0 unspecified atom stereocenters. The van der Waals surface area contributed by atoms with Crippen molar-refractivity contribution in [3.05, 3.63) is 89.5 Å². The van der Waals surface area contributed by atoms with Crippen LogP contribution in [0, 0.1) is 0 Å². The van der Waals surface area contributed by atoms with Gasteiger partial charge in [-0.2, -0.15) is 0 Å². The van der Waals surface area contributed by atoms with E-state index < -0.39 is 54.3 Å². The van der Waals surface area contributed by atoms with Crippen molar-refractivity contribution in [2.24, 2.45) is 0 Å². The third kappa shape index (κ3) is 9.94. The number of nitrogens with one attached hydrogen (secondary N) is 4. The first-order valence-electron chi connectivity index (χ1n) is 15.5. The number of benzene rings is 3. The number of hydrogen-bond donors (Lipinski definition) is 5. The Kier molecular flexibility index (Phi) is 12.6. The van der Waals surface area contributed by atoms with Crippen molar-refractivity contribution in [2.75, 3.05) is 27.4 Å². The number of rotatable bonds is 10. The molecule has 0 saturated heterocycles. The molecule has 0 aliphatic carbocycles. The van der Waals surface area contributed by atoms with Crippen LogP contribution in [0.2, 0.25) is 0 Å². The first kappa shape index (κ1) is 34.8. The van der Waals surface area contributed by atoms with Crippen LogP contribution in [0.4, 0.5) is 0 Å². The van der Waals surface area contributed by atoms with Gasteiger partial charge in [-0.1, -0.05) is 48.5 Å². The minimum atomic E-state index is -1.31. The number of para-hydroxylation sites is 1. The summed E-state index contributed by atoms with van der Waals surface area (Å²) in [5.41, 5.74) is 2.08. The van der Waals surface area contributed by atoms with Crippen LogP contribution in [0.1, 0.15) is 41.3 Å². The Labute approximate surface area is 274 Å². The molecule has 1 aliphatic heterocycles. The summed E-state index contributed by atoms with van der Waals surface area (Å²) < 4.78 is 16.7. The smallest absolute Gasteiger partial charge is 0.255 e. The lowest BCUT2D eigenvalue weighted by atomic mass is 10.0. The van der Waals surface area contributed by atoms with E-state index in [2.05, 4.69) is 21.3 Å². The van der Waals surface area contributed by atoms with Crippen molar-refractivity contribution in [2.45, 2.75) is 56.8 Å². The zero-order chi connectivity index (χ0) is 33.8. The van der Waals surface area contributed by atoms with E-state index in [9.17, 15) is 24.3 Å². The molecule has 0 radical (unpaired) electrons. The molecule has 3 aromatic carbocycles. The molecule has 12 heteroatoms. The maximum Gasteiger partial charge on any atom is 0.255 e. The van der Waals surface area contributed by atoms with Crippen LogP contribution < -0.4 is 35.5 Å². The average molecular weight is 647 g/mol. The monoisotopic (exact) mass is 646 g/mol. The lowest BCUT2D eigenvalue weighted by Crippen LogP contribution is -2.57. The van der Waals surface area contributed by atoms with Crippen LogP contribution in [0.5, 0.6) is 17.2 Å². The summed E-state index contributed by atoms with van der Waals surface area (Å²) in [5, 5.41) is 21.3. The zero-order valence-electron chi connectivity index (χ0n) is 26.8. The summed E-state index contributed by atoms with van der Waals surface area (Å²) in [4.78, 5) is 53.4. The van der Waals surface area contributed by atoms with Gasteiger partial charge in [0.25, 0.3) is 5.91 Å². The van der Waals surface area contributed by atoms with E-state index in [4.69, 9.17) is 14.2 Å². The Hall–Kier alpha value is -5.10. The molecule has 5 N–H and O–H groups in total. The van der Waals surface area contributed by atoms with Crippen molar-refractivity contribution >= 4 is 23.6 Å². The van der Waals surface area contributed by atoms with Gasteiger partial charge in [0.05, 0.1) is 38.3 Å². The minimum absolute atomic E-state index is 0.00458. The second-order valence-electron chi connectivity index (χ2n) is 11.3. The molecule has 1 heterocycles. The van der Waals surface area contributed by atoms with Crippen molar-refractivity contribution in [1.29, 1.82) is 0 Å². The fourth-order valence-corrected chi connectivity index (χ4v) is 5.24. The van der Waals surface area contributed by atoms with Crippen molar-refractivity contribution in [1.82, 2.24) is 21.3 Å². The number of aliphatic hydroxyl groups excluding tert-OH is 1. The fourth-order valence-electron chi connectivity index (χ4n) is 5.24. The fraction of sp³-hybridized carbons (Fsp3) is 0.371. The number of carbonyl (C=O) groups excluding carboxylic acids is 4. The second kappa shape index (κ2) is 17.0. The maximum atomic E-state index is 13.5. The topological polar surface area (TPSA) is 164 Å². The SMILES string of the molecule is COc1ccc(CCCNC(=O)[C@@H]2CC(=O)N[C@@H]([C@@H](C)O)C(=O)N[C@H](Cc3ccccc3)COc3ccccc3C(=O)N2)cc1OC. The summed E-state index contributed by atoms with van der Waals surface area (Å²) in [6.07, 6.45) is -0.127. The highest BCUT2D eigenvalue weighted by atomic mass is 16.5. The van der Waals surface area contributed by atoms with Gasteiger partial charge >= 0.3 is 0 Å². The average Bonchev–Trinajstić information content (AvgIpc) is 3.07. The number of hydrogen-bond acceptors (Lipinski definition) is 8. The molecular formula is C35H42N4O8. The van der Waals surface area contributed by atoms with Crippen LogP contribution in [-0.2, 0) is 27.2 Å². The summed E-state index contributed by atoms with van der Waals surface area (Å²) in [7, 11) is 3.12.